The summed E-state index contributed by atoms with van der Waals surface area (Å²) in [5, 5.41) is 12.9. The van der Waals surface area contributed by atoms with Crippen molar-refractivity contribution in [1.82, 2.24) is 9.78 Å². The zero-order valence-corrected chi connectivity index (χ0v) is 10.7. The molecular weight excluding hydrogens is 224 g/mol. The molecule has 0 aliphatic rings. The number of hydrogen-bond acceptors (Lipinski definition) is 3. The molecule has 4 heteroatoms. The number of nitrogens with zero attached hydrogens (tertiary/aromatic N) is 4. The Labute approximate surface area is 107 Å². The van der Waals surface area contributed by atoms with Gasteiger partial charge in [0.05, 0.1) is 11.6 Å². The lowest BCUT2D eigenvalue weighted by Gasteiger charge is -2.19. The monoisotopic (exact) mass is 240 g/mol. The van der Waals surface area contributed by atoms with Crippen molar-refractivity contribution in [3.05, 3.63) is 47.8 Å². The summed E-state index contributed by atoms with van der Waals surface area (Å²) in [5.41, 5.74) is 3.03. The molecule has 0 saturated heterocycles. The van der Waals surface area contributed by atoms with Gasteiger partial charge in [-0.1, -0.05) is 0 Å². The van der Waals surface area contributed by atoms with Crippen molar-refractivity contribution in [2.45, 2.75) is 6.42 Å². The van der Waals surface area contributed by atoms with Gasteiger partial charge in [-0.05, 0) is 30.3 Å². The molecule has 2 rings (SSSR count). The van der Waals surface area contributed by atoms with Crippen molar-refractivity contribution < 1.29 is 0 Å². The van der Waals surface area contributed by atoms with Crippen LogP contribution in [-0.2, 0) is 13.5 Å². The van der Waals surface area contributed by atoms with Gasteiger partial charge in [0.1, 0.15) is 0 Å². The fraction of sp³-hybridized carbons (Fsp3) is 0.286. The van der Waals surface area contributed by atoms with Gasteiger partial charge in [0.25, 0.3) is 0 Å². The van der Waals surface area contributed by atoms with E-state index in [0.717, 1.165) is 18.7 Å². The van der Waals surface area contributed by atoms with Crippen LogP contribution in [0.1, 0.15) is 11.3 Å². The van der Waals surface area contributed by atoms with Gasteiger partial charge in [0, 0.05) is 44.6 Å². The third kappa shape index (κ3) is 2.69. The van der Waals surface area contributed by atoms with Crippen LogP contribution < -0.4 is 4.90 Å². The van der Waals surface area contributed by atoms with Crippen LogP contribution in [0.2, 0.25) is 0 Å². The molecule has 0 N–H and O–H groups in total. The molecule has 0 bridgehead atoms. The van der Waals surface area contributed by atoms with Gasteiger partial charge < -0.3 is 4.90 Å². The van der Waals surface area contributed by atoms with Crippen LogP contribution in [0.5, 0.6) is 0 Å². The molecule has 0 amide bonds. The maximum absolute atomic E-state index is 8.75. The Balaban J connectivity index is 1.97. The number of benzene rings is 1. The Morgan fingerprint density at radius 2 is 2.00 bits per heavy atom. The Morgan fingerprint density at radius 3 is 2.56 bits per heavy atom. The SMILES string of the molecule is CN(CCc1ccnn1C)c1ccc(C#N)cc1. The predicted octanol–water partition coefficient (Wildman–Crippen LogP) is 1.97. The van der Waals surface area contributed by atoms with Crippen LogP contribution in [0.4, 0.5) is 5.69 Å². The van der Waals surface area contributed by atoms with Crippen molar-refractivity contribution in [2.75, 3.05) is 18.5 Å². The van der Waals surface area contributed by atoms with Gasteiger partial charge in [-0.2, -0.15) is 10.4 Å². The highest BCUT2D eigenvalue weighted by atomic mass is 15.3. The maximum atomic E-state index is 8.75. The minimum absolute atomic E-state index is 0.693. The zero-order chi connectivity index (χ0) is 13.0. The van der Waals surface area contributed by atoms with Crippen LogP contribution in [0.15, 0.2) is 36.5 Å². The normalized spacial score (nSPS) is 10.1. The average Bonchev–Trinajstić information content (AvgIpc) is 2.81. The molecule has 1 aromatic carbocycles. The van der Waals surface area contributed by atoms with Gasteiger partial charge in [-0.25, -0.2) is 0 Å². The van der Waals surface area contributed by atoms with Gasteiger partial charge in [0.15, 0.2) is 0 Å². The fourth-order valence-electron chi connectivity index (χ4n) is 1.85. The maximum Gasteiger partial charge on any atom is 0.0991 e. The Hall–Kier alpha value is -2.28. The van der Waals surface area contributed by atoms with E-state index >= 15 is 0 Å². The summed E-state index contributed by atoms with van der Waals surface area (Å²) in [7, 11) is 4.01. The van der Waals surface area contributed by atoms with Gasteiger partial charge in [-0.15, -0.1) is 0 Å². The van der Waals surface area contributed by atoms with Gasteiger partial charge >= 0.3 is 0 Å². The first-order valence-corrected chi connectivity index (χ1v) is 5.89. The number of rotatable bonds is 4. The minimum Gasteiger partial charge on any atom is -0.374 e. The lowest BCUT2D eigenvalue weighted by Crippen LogP contribution is -2.21. The second kappa shape index (κ2) is 5.37. The largest absolute Gasteiger partial charge is 0.374 e. The smallest absolute Gasteiger partial charge is 0.0991 e. The fourth-order valence-corrected chi connectivity index (χ4v) is 1.85. The standard InChI is InChI=1S/C14H16N4/c1-17(10-8-14-7-9-16-18(14)2)13-5-3-12(11-15)4-6-13/h3-7,9H,8,10H2,1-2H3. The number of aryl methyl sites for hydroxylation is 1. The summed E-state index contributed by atoms with van der Waals surface area (Å²) < 4.78 is 1.90. The summed E-state index contributed by atoms with van der Waals surface area (Å²) in [4.78, 5) is 2.17. The van der Waals surface area contributed by atoms with Crippen molar-refractivity contribution in [3.63, 3.8) is 0 Å². The lowest BCUT2D eigenvalue weighted by molar-refractivity contribution is 0.699. The second-order valence-electron chi connectivity index (χ2n) is 4.28. The second-order valence-corrected chi connectivity index (χ2v) is 4.28. The molecule has 0 unspecified atom stereocenters. The molecule has 0 aliphatic carbocycles. The molecule has 0 saturated carbocycles. The molecular formula is C14H16N4. The average molecular weight is 240 g/mol. The van der Waals surface area contributed by atoms with Gasteiger partial charge in [0.2, 0.25) is 0 Å². The number of nitriles is 1. The first kappa shape index (κ1) is 12.2. The summed E-state index contributed by atoms with van der Waals surface area (Å²) >= 11 is 0. The summed E-state index contributed by atoms with van der Waals surface area (Å²) in [5.74, 6) is 0. The Kier molecular flexibility index (Phi) is 3.63. The van der Waals surface area contributed by atoms with E-state index in [-0.39, 0.29) is 0 Å². The van der Waals surface area contributed by atoms with E-state index in [0.29, 0.717) is 5.56 Å². The molecule has 0 atom stereocenters. The van der Waals surface area contributed by atoms with E-state index in [1.165, 1.54) is 5.69 Å². The highest BCUT2D eigenvalue weighted by Gasteiger charge is 2.03. The third-order valence-corrected chi connectivity index (χ3v) is 3.06. The van der Waals surface area contributed by atoms with Crippen LogP contribution in [-0.4, -0.2) is 23.4 Å². The van der Waals surface area contributed by atoms with E-state index in [2.05, 4.69) is 23.1 Å². The van der Waals surface area contributed by atoms with E-state index < -0.39 is 0 Å². The molecule has 1 aromatic heterocycles. The molecule has 0 spiro atoms. The number of hydrogen-bond donors (Lipinski definition) is 0. The molecule has 0 radical (unpaired) electrons. The van der Waals surface area contributed by atoms with Crippen LogP contribution >= 0.6 is 0 Å². The molecule has 2 aromatic rings. The quantitative estimate of drug-likeness (QED) is 0.820. The molecule has 18 heavy (non-hydrogen) atoms. The Morgan fingerprint density at radius 1 is 1.28 bits per heavy atom. The zero-order valence-electron chi connectivity index (χ0n) is 10.7. The van der Waals surface area contributed by atoms with Crippen molar-refractivity contribution in [3.8, 4) is 6.07 Å². The first-order chi connectivity index (χ1) is 8.70. The van der Waals surface area contributed by atoms with Crippen LogP contribution in [0, 0.1) is 11.3 Å². The predicted molar refractivity (Wildman–Crippen MR) is 71.3 cm³/mol. The molecule has 1 heterocycles. The minimum atomic E-state index is 0.693. The highest BCUT2D eigenvalue weighted by molar-refractivity contribution is 5.49. The first-order valence-electron chi connectivity index (χ1n) is 5.89. The number of aromatic nitrogens is 2. The van der Waals surface area contributed by atoms with Crippen LogP contribution in [0.25, 0.3) is 0 Å². The van der Waals surface area contributed by atoms with E-state index in [9.17, 15) is 0 Å². The van der Waals surface area contributed by atoms with Crippen molar-refractivity contribution in [1.29, 1.82) is 5.26 Å². The highest BCUT2D eigenvalue weighted by Crippen LogP contribution is 2.13. The van der Waals surface area contributed by atoms with Crippen molar-refractivity contribution >= 4 is 5.69 Å². The van der Waals surface area contributed by atoms with E-state index in [1.807, 2.05) is 48.3 Å². The summed E-state index contributed by atoms with van der Waals surface area (Å²) in [6.45, 7) is 0.922. The molecule has 0 aliphatic heterocycles. The molecule has 0 fully saturated rings. The summed E-state index contributed by atoms with van der Waals surface area (Å²) in [6.07, 6.45) is 2.77. The third-order valence-electron chi connectivity index (χ3n) is 3.06. The lowest BCUT2D eigenvalue weighted by atomic mass is 10.2. The van der Waals surface area contributed by atoms with E-state index in [4.69, 9.17) is 5.26 Å². The summed E-state index contributed by atoms with van der Waals surface area (Å²) in [6, 6.07) is 11.8. The van der Waals surface area contributed by atoms with E-state index in [1.54, 1.807) is 0 Å². The molecule has 92 valence electrons. The number of anilines is 1. The topological polar surface area (TPSA) is 44.9 Å². The Bertz CT molecular complexity index is 548. The van der Waals surface area contributed by atoms with Gasteiger partial charge in [-0.3, -0.25) is 4.68 Å². The molecule has 4 nitrogen and oxygen atoms in total. The van der Waals surface area contributed by atoms with Crippen LogP contribution in [0.3, 0.4) is 0 Å². The van der Waals surface area contributed by atoms with Crippen molar-refractivity contribution in [2.24, 2.45) is 7.05 Å². The number of likely N-dealkylation sites (N-methyl/N-ethyl adjacent to an activating group) is 1.